The second-order valence-electron chi connectivity index (χ2n) is 5.22. The molecule has 0 aliphatic carbocycles. The summed E-state index contributed by atoms with van der Waals surface area (Å²) in [5.74, 6) is 0.0417. The van der Waals surface area contributed by atoms with E-state index in [1.165, 1.54) is 16.7 Å². The molecule has 2 rings (SSSR count). The Kier molecular flexibility index (Phi) is 4.09. The average molecular weight is 332 g/mol. The van der Waals surface area contributed by atoms with Crippen LogP contribution in [0.5, 0.6) is 0 Å². The molecule has 0 aliphatic heterocycles. The number of carbonyl (C=O) groups is 1. The van der Waals surface area contributed by atoms with Crippen molar-refractivity contribution in [1.82, 2.24) is 4.98 Å². The zero-order valence-corrected chi connectivity index (χ0v) is 14.1. The summed E-state index contributed by atoms with van der Waals surface area (Å²) in [5, 5.41) is 0. The average Bonchev–Trinajstić information content (AvgIpc) is 2.43. The maximum absolute atomic E-state index is 12.8. The van der Waals surface area contributed by atoms with Gasteiger partial charge < -0.3 is 0 Å². The Balaban J connectivity index is 2.67. The molecule has 2 aromatic rings. The minimum atomic E-state index is 0.0417. The van der Waals surface area contributed by atoms with Crippen molar-refractivity contribution in [2.75, 3.05) is 0 Å². The first-order valence-corrected chi connectivity index (χ1v) is 7.36. The first kappa shape index (κ1) is 14.9. The van der Waals surface area contributed by atoms with Crippen LogP contribution >= 0.6 is 15.9 Å². The number of carbonyl (C=O) groups excluding carboxylic acids is 1. The molecule has 0 saturated heterocycles. The molecule has 0 amide bonds. The molecule has 20 heavy (non-hydrogen) atoms. The fraction of sp³-hybridized carbons (Fsp3) is 0.294. The monoisotopic (exact) mass is 331 g/mol. The highest BCUT2D eigenvalue weighted by Gasteiger charge is 2.19. The lowest BCUT2D eigenvalue weighted by molar-refractivity contribution is 0.103. The van der Waals surface area contributed by atoms with Crippen LogP contribution in [0.2, 0.25) is 0 Å². The fourth-order valence-electron chi connectivity index (χ4n) is 2.52. The molecule has 104 valence electrons. The van der Waals surface area contributed by atoms with E-state index in [1.807, 2.05) is 19.9 Å². The Morgan fingerprint density at radius 2 is 1.40 bits per heavy atom. The van der Waals surface area contributed by atoms with Crippen LogP contribution in [0.1, 0.15) is 43.7 Å². The largest absolute Gasteiger partial charge is 0.289 e. The van der Waals surface area contributed by atoms with E-state index in [2.05, 4.69) is 41.7 Å². The summed E-state index contributed by atoms with van der Waals surface area (Å²) < 4.78 is 0.819. The van der Waals surface area contributed by atoms with E-state index in [9.17, 15) is 4.79 Å². The molecule has 0 unspecified atom stereocenters. The minimum absolute atomic E-state index is 0.0417. The number of halogens is 1. The molecule has 2 nitrogen and oxygen atoms in total. The summed E-state index contributed by atoms with van der Waals surface area (Å²) in [7, 11) is 0. The number of rotatable bonds is 2. The molecule has 0 N–H and O–H groups in total. The zero-order valence-electron chi connectivity index (χ0n) is 12.5. The number of benzene rings is 1. The van der Waals surface area contributed by atoms with Crippen LogP contribution in [-0.4, -0.2) is 10.8 Å². The lowest BCUT2D eigenvalue weighted by atomic mass is 9.86. The molecule has 3 heteroatoms. The quantitative estimate of drug-likeness (QED) is 0.751. The van der Waals surface area contributed by atoms with Crippen LogP contribution in [0.15, 0.2) is 22.9 Å². The van der Waals surface area contributed by atoms with E-state index >= 15 is 0 Å². The minimum Gasteiger partial charge on any atom is -0.289 e. The Hall–Kier alpha value is -1.48. The molecule has 0 bridgehead atoms. The van der Waals surface area contributed by atoms with Crippen LogP contribution in [0.25, 0.3) is 0 Å². The van der Waals surface area contributed by atoms with Gasteiger partial charge in [0.2, 0.25) is 0 Å². The lowest BCUT2D eigenvalue weighted by Crippen LogP contribution is -2.11. The highest BCUT2D eigenvalue weighted by atomic mass is 79.9. The number of hydrogen-bond acceptors (Lipinski definition) is 2. The van der Waals surface area contributed by atoms with Crippen molar-refractivity contribution in [3.63, 3.8) is 0 Å². The van der Waals surface area contributed by atoms with Gasteiger partial charge in [-0.25, -0.2) is 0 Å². The lowest BCUT2D eigenvalue weighted by Gasteiger charge is -2.17. The Bertz CT molecular complexity index is 675. The summed E-state index contributed by atoms with van der Waals surface area (Å²) >= 11 is 3.37. The van der Waals surface area contributed by atoms with Gasteiger partial charge in [0.05, 0.1) is 0 Å². The summed E-state index contributed by atoms with van der Waals surface area (Å²) in [6.07, 6.45) is 3.30. The van der Waals surface area contributed by atoms with Crippen molar-refractivity contribution in [3.05, 3.63) is 61.9 Å². The van der Waals surface area contributed by atoms with E-state index in [1.54, 1.807) is 12.4 Å². The van der Waals surface area contributed by atoms with Gasteiger partial charge in [-0.3, -0.25) is 9.78 Å². The van der Waals surface area contributed by atoms with Crippen molar-refractivity contribution >= 4 is 21.7 Å². The Labute approximate surface area is 128 Å². The highest BCUT2D eigenvalue weighted by molar-refractivity contribution is 9.10. The van der Waals surface area contributed by atoms with Gasteiger partial charge in [-0.15, -0.1) is 0 Å². The summed E-state index contributed by atoms with van der Waals surface area (Å²) in [5.41, 5.74) is 7.22. The topological polar surface area (TPSA) is 30.0 Å². The second kappa shape index (κ2) is 5.49. The predicted octanol–water partition coefficient (Wildman–Crippen LogP) is 4.62. The van der Waals surface area contributed by atoms with Gasteiger partial charge in [-0.2, -0.15) is 0 Å². The molecule has 1 heterocycles. The number of ketones is 1. The van der Waals surface area contributed by atoms with Crippen LogP contribution in [-0.2, 0) is 0 Å². The third kappa shape index (κ3) is 2.42. The highest BCUT2D eigenvalue weighted by Crippen LogP contribution is 2.28. The van der Waals surface area contributed by atoms with Gasteiger partial charge in [0.1, 0.15) is 0 Å². The summed E-state index contributed by atoms with van der Waals surface area (Å²) in [4.78, 5) is 16.9. The van der Waals surface area contributed by atoms with Crippen LogP contribution in [0.4, 0.5) is 0 Å². The van der Waals surface area contributed by atoms with Gasteiger partial charge in [-0.05, 0) is 84.4 Å². The Morgan fingerprint density at radius 3 is 1.90 bits per heavy atom. The summed E-state index contributed by atoms with van der Waals surface area (Å²) in [6.45, 7) is 10.3. The maximum atomic E-state index is 12.8. The smallest absolute Gasteiger partial charge is 0.195 e. The normalized spacial score (nSPS) is 10.7. The van der Waals surface area contributed by atoms with Gasteiger partial charge in [-0.1, -0.05) is 0 Å². The maximum Gasteiger partial charge on any atom is 0.195 e. The van der Waals surface area contributed by atoms with Gasteiger partial charge in [0.25, 0.3) is 0 Å². The molecule has 0 atom stereocenters. The molecular weight excluding hydrogens is 314 g/mol. The van der Waals surface area contributed by atoms with Crippen LogP contribution in [0, 0.1) is 34.6 Å². The van der Waals surface area contributed by atoms with E-state index < -0.39 is 0 Å². The van der Waals surface area contributed by atoms with Crippen molar-refractivity contribution in [2.45, 2.75) is 34.6 Å². The molecule has 0 aliphatic rings. The van der Waals surface area contributed by atoms with Crippen LogP contribution < -0.4 is 0 Å². The second-order valence-corrected chi connectivity index (χ2v) is 6.14. The van der Waals surface area contributed by atoms with Crippen molar-refractivity contribution < 1.29 is 4.79 Å². The Morgan fingerprint density at radius 1 is 0.900 bits per heavy atom. The van der Waals surface area contributed by atoms with Gasteiger partial charge in [0.15, 0.2) is 5.78 Å². The molecule has 0 radical (unpaired) electrons. The SMILES string of the molecule is Cc1c(C)c(C)c(C(=O)c2cncc(Br)c2)c(C)c1C. The number of hydrogen-bond donors (Lipinski definition) is 0. The first-order chi connectivity index (χ1) is 9.34. The van der Waals surface area contributed by atoms with E-state index in [4.69, 9.17) is 0 Å². The number of pyridine rings is 1. The van der Waals surface area contributed by atoms with E-state index in [0.717, 1.165) is 21.2 Å². The first-order valence-electron chi connectivity index (χ1n) is 6.56. The number of aromatic nitrogens is 1. The van der Waals surface area contributed by atoms with Crippen molar-refractivity contribution in [1.29, 1.82) is 0 Å². The number of nitrogens with zero attached hydrogens (tertiary/aromatic N) is 1. The third-order valence-electron chi connectivity index (χ3n) is 4.19. The predicted molar refractivity (Wildman–Crippen MR) is 85.5 cm³/mol. The van der Waals surface area contributed by atoms with Crippen molar-refractivity contribution in [2.24, 2.45) is 0 Å². The molecule has 0 spiro atoms. The summed E-state index contributed by atoms with van der Waals surface area (Å²) in [6, 6.07) is 1.82. The molecule has 1 aromatic carbocycles. The molecule has 1 aromatic heterocycles. The van der Waals surface area contributed by atoms with E-state index in [-0.39, 0.29) is 5.78 Å². The third-order valence-corrected chi connectivity index (χ3v) is 4.63. The molecular formula is C17H18BrNO. The van der Waals surface area contributed by atoms with Crippen molar-refractivity contribution in [3.8, 4) is 0 Å². The van der Waals surface area contributed by atoms with Gasteiger partial charge in [0, 0.05) is 28.0 Å². The molecule has 0 fully saturated rings. The zero-order chi connectivity index (χ0) is 15.0. The van der Waals surface area contributed by atoms with Gasteiger partial charge >= 0.3 is 0 Å². The fourth-order valence-corrected chi connectivity index (χ4v) is 2.89. The molecule has 0 saturated carbocycles. The standard InChI is InChI=1S/C17H18BrNO/c1-9-10(2)12(4)16(13(5)11(9)3)17(20)14-6-15(18)8-19-7-14/h6-8H,1-5H3. The van der Waals surface area contributed by atoms with E-state index in [0.29, 0.717) is 5.56 Å². The van der Waals surface area contributed by atoms with Crippen LogP contribution in [0.3, 0.4) is 0 Å².